The monoisotopic (exact) mass is 347 g/mol. The molecule has 5 nitrogen and oxygen atoms in total. The molecule has 2 fully saturated rings. The summed E-state index contributed by atoms with van der Waals surface area (Å²) < 4.78 is 31.2. The van der Waals surface area contributed by atoms with Gasteiger partial charge in [-0.25, -0.2) is 8.78 Å². The largest absolute Gasteiger partial charge is 0.481 e. The number of halogens is 3. The molecule has 8 heteroatoms. The number of ether oxygens (including phenoxy) is 1. The van der Waals surface area contributed by atoms with E-state index in [-0.39, 0.29) is 30.5 Å². The zero-order chi connectivity index (χ0) is 16.1. The first-order valence-electron chi connectivity index (χ1n) is 6.97. The second-order valence-corrected chi connectivity index (χ2v) is 5.99. The number of benzene rings is 1. The maximum absolute atomic E-state index is 13.1. The number of aliphatic carboxylic acids is 1. The average molecular weight is 348 g/mol. The lowest BCUT2D eigenvalue weighted by Gasteiger charge is -2.24. The molecule has 3 N–H and O–H groups in total. The quantitative estimate of drug-likeness (QED) is 0.811. The molecule has 4 atom stereocenters. The summed E-state index contributed by atoms with van der Waals surface area (Å²) in [6.07, 6.45) is 0.935. The number of carboxylic acids is 1. The van der Waals surface area contributed by atoms with E-state index in [2.05, 4.69) is 0 Å². The van der Waals surface area contributed by atoms with E-state index in [0.29, 0.717) is 12.8 Å². The summed E-state index contributed by atoms with van der Waals surface area (Å²) in [6.45, 7) is -0.304. The third-order valence-electron chi connectivity index (χ3n) is 4.61. The van der Waals surface area contributed by atoms with E-state index in [4.69, 9.17) is 15.6 Å². The van der Waals surface area contributed by atoms with E-state index in [1.807, 2.05) is 0 Å². The van der Waals surface area contributed by atoms with Crippen molar-refractivity contribution in [3.63, 3.8) is 0 Å². The Hall–Kier alpha value is -1.73. The Morgan fingerprint density at radius 2 is 1.91 bits per heavy atom. The molecular weight excluding hydrogens is 332 g/mol. The van der Waals surface area contributed by atoms with Gasteiger partial charge in [0.1, 0.15) is 23.8 Å². The van der Waals surface area contributed by atoms with Gasteiger partial charge in [-0.2, -0.15) is 0 Å². The maximum atomic E-state index is 13.1. The standard InChI is InChI=1S/C15H15F2NO4.ClH/c16-8-3-7(4-9(17)5-8)6-22-14(21)15(18)2-1-10-11(12(10)15)13(19)20;/h3-5,10-12H,1-2,6,18H2,(H,19,20);1H/t10-,11-,12-,15-;/m0./s1. The second-order valence-electron chi connectivity index (χ2n) is 5.99. The number of carbonyl (C=O) groups excluding carboxylic acids is 1. The zero-order valence-corrected chi connectivity index (χ0v) is 12.8. The molecule has 0 aromatic heterocycles. The third kappa shape index (κ3) is 3.03. The molecule has 0 heterocycles. The Balaban J connectivity index is 0.00000192. The van der Waals surface area contributed by atoms with Crippen molar-refractivity contribution in [2.45, 2.75) is 25.0 Å². The highest BCUT2D eigenvalue weighted by atomic mass is 35.5. The fraction of sp³-hybridized carbons (Fsp3) is 0.467. The van der Waals surface area contributed by atoms with Crippen LogP contribution in [0.5, 0.6) is 0 Å². The van der Waals surface area contributed by atoms with Crippen molar-refractivity contribution in [3.05, 3.63) is 35.4 Å². The first kappa shape index (κ1) is 17.6. The molecule has 0 saturated heterocycles. The molecule has 1 aromatic carbocycles. The second kappa shape index (κ2) is 6.05. The predicted molar refractivity (Wildman–Crippen MR) is 77.7 cm³/mol. The van der Waals surface area contributed by atoms with Gasteiger partial charge in [0.05, 0.1) is 5.92 Å². The number of esters is 1. The summed E-state index contributed by atoms with van der Waals surface area (Å²) in [7, 11) is 0. The number of hydrogen-bond donors (Lipinski definition) is 2. The van der Waals surface area contributed by atoms with Crippen LogP contribution >= 0.6 is 12.4 Å². The Morgan fingerprint density at radius 3 is 2.43 bits per heavy atom. The van der Waals surface area contributed by atoms with Crippen LogP contribution in [0.15, 0.2) is 18.2 Å². The molecule has 0 amide bonds. The van der Waals surface area contributed by atoms with Crippen LogP contribution in [0, 0.1) is 29.4 Å². The van der Waals surface area contributed by atoms with Crippen LogP contribution in [-0.4, -0.2) is 22.6 Å². The van der Waals surface area contributed by atoms with E-state index in [0.717, 1.165) is 18.2 Å². The molecule has 2 aliphatic carbocycles. The van der Waals surface area contributed by atoms with Gasteiger partial charge in [-0.1, -0.05) is 0 Å². The summed E-state index contributed by atoms with van der Waals surface area (Å²) in [6, 6.07) is 2.85. The van der Waals surface area contributed by atoms with Gasteiger partial charge < -0.3 is 15.6 Å². The molecule has 126 valence electrons. The minimum absolute atomic E-state index is 0. The van der Waals surface area contributed by atoms with Crippen molar-refractivity contribution >= 4 is 24.3 Å². The van der Waals surface area contributed by atoms with Gasteiger partial charge in [-0.15, -0.1) is 12.4 Å². The summed E-state index contributed by atoms with van der Waals surface area (Å²) in [5, 5.41) is 9.05. The SMILES string of the molecule is Cl.N[C@@]1(C(=O)OCc2cc(F)cc(F)c2)CC[C@H]2[C@H](C(=O)O)[C@H]21. The molecule has 0 radical (unpaired) electrons. The van der Waals surface area contributed by atoms with Crippen LogP contribution in [-0.2, 0) is 20.9 Å². The van der Waals surface area contributed by atoms with Crippen molar-refractivity contribution in [1.82, 2.24) is 0 Å². The van der Waals surface area contributed by atoms with Gasteiger partial charge in [0.25, 0.3) is 0 Å². The highest BCUT2D eigenvalue weighted by molar-refractivity contribution is 5.86. The number of fused-ring (bicyclic) bond motifs is 1. The van der Waals surface area contributed by atoms with E-state index in [1.165, 1.54) is 0 Å². The van der Waals surface area contributed by atoms with Crippen molar-refractivity contribution in [2.24, 2.45) is 23.5 Å². The van der Waals surface area contributed by atoms with E-state index < -0.39 is 40.9 Å². The minimum atomic E-state index is -1.32. The van der Waals surface area contributed by atoms with E-state index in [1.54, 1.807) is 0 Å². The molecular formula is C15H16ClF2NO4. The van der Waals surface area contributed by atoms with Gasteiger partial charge in [0.2, 0.25) is 0 Å². The van der Waals surface area contributed by atoms with Crippen molar-refractivity contribution < 1.29 is 28.2 Å². The van der Waals surface area contributed by atoms with Gasteiger partial charge in [-0.3, -0.25) is 9.59 Å². The lowest BCUT2D eigenvalue weighted by atomic mass is 9.91. The Morgan fingerprint density at radius 1 is 1.30 bits per heavy atom. The highest BCUT2D eigenvalue weighted by Crippen LogP contribution is 2.61. The number of nitrogens with two attached hydrogens (primary N) is 1. The fourth-order valence-corrected chi connectivity index (χ4v) is 3.56. The molecule has 0 aliphatic heterocycles. The number of hydrogen-bond acceptors (Lipinski definition) is 4. The Bertz CT molecular complexity index is 636. The van der Waals surface area contributed by atoms with Crippen molar-refractivity contribution in [1.29, 1.82) is 0 Å². The van der Waals surface area contributed by atoms with E-state index >= 15 is 0 Å². The van der Waals surface area contributed by atoms with Crippen LogP contribution in [0.2, 0.25) is 0 Å². The van der Waals surface area contributed by atoms with Crippen molar-refractivity contribution in [3.8, 4) is 0 Å². The summed E-state index contributed by atoms with van der Waals surface area (Å²) in [4.78, 5) is 23.2. The summed E-state index contributed by atoms with van der Waals surface area (Å²) in [5.41, 5.74) is 4.91. The first-order valence-corrected chi connectivity index (χ1v) is 6.97. The molecule has 0 unspecified atom stereocenters. The maximum Gasteiger partial charge on any atom is 0.326 e. The molecule has 0 spiro atoms. The van der Waals surface area contributed by atoms with Crippen LogP contribution in [0.1, 0.15) is 18.4 Å². The van der Waals surface area contributed by atoms with Crippen LogP contribution in [0.25, 0.3) is 0 Å². The van der Waals surface area contributed by atoms with Crippen molar-refractivity contribution in [2.75, 3.05) is 0 Å². The molecule has 2 aliphatic rings. The summed E-state index contributed by atoms with van der Waals surface area (Å²) in [5.74, 6) is -4.29. The number of carboxylic acid groups (broad SMARTS) is 1. The first-order chi connectivity index (χ1) is 10.3. The Kier molecular flexibility index (Phi) is 4.64. The van der Waals surface area contributed by atoms with Gasteiger partial charge in [-0.05, 0) is 36.5 Å². The van der Waals surface area contributed by atoms with Crippen LogP contribution in [0.4, 0.5) is 8.78 Å². The molecule has 2 saturated carbocycles. The lowest BCUT2D eigenvalue weighted by Crippen LogP contribution is -2.50. The van der Waals surface area contributed by atoms with E-state index in [9.17, 15) is 18.4 Å². The average Bonchev–Trinajstić information content (AvgIpc) is 3.08. The third-order valence-corrected chi connectivity index (χ3v) is 4.61. The molecule has 23 heavy (non-hydrogen) atoms. The smallest absolute Gasteiger partial charge is 0.326 e. The molecule has 1 aromatic rings. The van der Waals surface area contributed by atoms with Gasteiger partial charge >= 0.3 is 11.9 Å². The predicted octanol–water partition coefficient (Wildman–Crippen LogP) is 1.87. The summed E-state index contributed by atoms with van der Waals surface area (Å²) >= 11 is 0. The molecule has 0 bridgehead atoms. The molecule has 3 rings (SSSR count). The topological polar surface area (TPSA) is 89.6 Å². The highest BCUT2D eigenvalue weighted by Gasteiger charge is 2.70. The number of carbonyl (C=O) groups is 2. The number of rotatable bonds is 4. The zero-order valence-electron chi connectivity index (χ0n) is 12.0. The normalized spacial score (nSPS) is 31.0. The van der Waals surface area contributed by atoms with Crippen LogP contribution < -0.4 is 5.73 Å². The minimum Gasteiger partial charge on any atom is -0.481 e. The Labute approximate surface area is 137 Å². The lowest BCUT2D eigenvalue weighted by molar-refractivity contribution is -0.153. The van der Waals surface area contributed by atoms with Gasteiger partial charge in [0, 0.05) is 12.0 Å². The van der Waals surface area contributed by atoms with Crippen LogP contribution in [0.3, 0.4) is 0 Å². The fourth-order valence-electron chi connectivity index (χ4n) is 3.56. The van der Waals surface area contributed by atoms with Gasteiger partial charge in [0.15, 0.2) is 0 Å².